The summed E-state index contributed by atoms with van der Waals surface area (Å²) in [6.45, 7) is 3.49. The Morgan fingerprint density at radius 2 is 1.73 bits per heavy atom. The third-order valence-corrected chi connectivity index (χ3v) is 3.63. The summed E-state index contributed by atoms with van der Waals surface area (Å²) >= 11 is 0. The molecule has 0 fully saturated rings. The Labute approximate surface area is 153 Å². The molecule has 0 aliphatic rings. The van der Waals surface area contributed by atoms with Gasteiger partial charge in [-0.05, 0) is 43.7 Å². The smallest absolute Gasteiger partial charge is 0.255 e. The second-order valence-electron chi connectivity index (χ2n) is 5.57. The van der Waals surface area contributed by atoms with Crippen LogP contribution in [0, 0.1) is 0 Å². The molecular weight excluding hydrogens is 332 g/mol. The van der Waals surface area contributed by atoms with Crippen molar-refractivity contribution in [1.82, 2.24) is 5.32 Å². The van der Waals surface area contributed by atoms with E-state index in [4.69, 9.17) is 9.47 Å². The molecule has 0 aliphatic heterocycles. The van der Waals surface area contributed by atoms with E-state index in [9.17, 15) is 9.59 Å². The van der Waals surface area contributed by atoms with E-state index in [0.717, 1.165) is 6.42 Å². The van der Waals surface area contributed by atoms with Crippen LogP contribution in [0.3, 0.4) is 0 Å². The lowest BCUT2D eigenvalue weighted by Crippen LogP contribution is -2.25. The van der Waals surface area contributed by atoms with Crippen molar-refractivity contribution in [3.63, 3.8) is 0 Å². The monoisotopic (exact) mass is 356 g/mol. The van der Waals surface area contributed by atoms with Crippen molar-refractivity contribution in [2.45, 2.75) is 13.3 Å². The fourth-order valence-electron chi connectivity index (χ4n) is 2.37. The molecule has 0 bridgehead atoms. The molecule has 0 saturated carbocycles. The summed E-state index contributed by atoms with van der Waals surface area (Å²) in [6, 6.07) is 13.8. The molecule has 2 rings (SSSR count). The van der Waals surface area contributed by atoms with Crippen LogP contribution in [0.5, 0.6) is 5.75 Å². The van der Waals surface area contributed by atoms with Crippen LogP contribution in [-0.4, -0.2) is 38.7 Å². The summed E-state index contributed by atoms with van der Waals surface area (Å²) in [5.74, 6) is 0.0899. The number of para-hydroxylation sites is 2. The van der Waals surface area contributed by atoms with Gasteiger partial charge in [0.25, 0.3) is 11.8 Å². The minimum absolute atomic E-state index is 0.217. The number of nitrogens with one attached hydrogen (secondary N) is 2. The van der Waals surface area contributed by atoms with Gasteiger partial charge in [0.15, 0.2) is 0 Å². The predicted octanol–water partition coefficient (Wildman–Crippen LogP) is 3.10. The summed E-state index contributed by atoms with van der Waals surface area (Å²) in [4.78, 5) is 24.7. The van der Waals surface area contributed by atoms with E-state index in [1.165, 1.54) is 0 Å². The molecule has 26 heavy (non-hydrogen) atoms. The molecule has 2 aromatic carbocycles. The largest absolute Gasteiger partial charge is 0.492 e. The number of hydrogen-bond acceptors (Lipinski definition) is 4. The maximum absolute atomic E-state index is 12.5. The number of benzene rings is 2. The second kappa shape index (κ2) is 10.2. The molecule has 0 atom stereocenters. The lowest BCUT2D eigenvalue weighted by atomic mass is 10.1. The molecule has 2 N–H and O–H groups in total. The van der Waals surface area contributed by atoms with Crippen LogP contribution in [0.25, 0.3) is 0 Å². The van der Waals surface area contributed by atoms with Gasteiger partial charge < -0.3 is 20.1 Å². The van der Waals surface area contributed by atoms with Gasteiger partial charge in [0, 0.05) is 31.4 Å². The Hall–Kier alpha value is -2.86. The number of amides is 2. The molecule has 0 heterocycles. The Morgan fingerprint density at radius 3 is 2.46 bits per heavy atom. The fourth-order valence-corrected chi connectivity index (χ4v) is 2.37. The zero-order valence-electron chi connectivity index (χ0n) is 15.1. The molecule has 2 amide bonds. The van der Waals surface area contributed by atoms with Crippen LogP contribution < -0.4 is 15.4 Å². The van der Waals surface area contributed by atoms with Crippen LogP contribution in [0.1, 0.15) is 34.1 Å². The highest BCUT2D eigenvalue weighted by Crippen LogP contribution is 2.24. The Kier molecular flexibility index (Phi) is 7.64. The van der Waals surface area contributed by atoms with Gasteiger partial charge in [-0.2, -0.15) is 0 Å². The van der Waals surface area contributed by atoms with Gasteiger partial charge in [-0.25, -0.2) is 0 Å². The highest BCUT2D eigenvalue weighted by atomic mass is 16.5. The van der Waals surface area contributed by atoms with Gasteiger partial charge in [0.1, 0.15) is 5.75 Å². The third-order valence-electron chi connectivity index (χ3n) is 3.63. The van der Waals surface area contributed by atoms with Crippen LogP contribution in [0.15, 0.2) is 48.5 Å². The van der Waals surface area contributed by atoms with Crippen LogP contribution >= 0.6 is 0 Å². The number of methoxy groups -OCH3 is 1. The lowest BCUT2D eigenvalue weighted by Gasteiger charge is -2.12. The van der Waals surface area contributed by atoms with Gasteiger partial charge in [-0.15, -0.1) is 0 Å². The Balaban J connectivity index is 2.05. The van der Waals surface area contributed by atoms with Gasteiger partial charge in [-0.3, -0.25) is 9.59 Å². The second-order valence-corrected chi connectivity index (χ2v) is 5.57. The summed E-state index contributed by atoms with van der Waals surface area (Å²) in [6.07, 6.45) is 0.733. The van der Waals surface area contributed by atoms with Crippen molar-refractivity contribution in [2.24, 2.45) is 0 Å². The van der Waals surface area contributed by atoms with E-state index in [1.807, 2.05) is 19.1 Å². The van der Waals surface area contributed by atoms with Crippen molar-refractivity contribution in [1.29, 1.82) is 0 Å². The maximum atomic E-state index is 12.5. The zero-order valence-corrected chi connectivity index (χ0v) is 15.1. The average molecular weight is 356 g/mol. The summed E-state index contributed by atoms with van der Waals surface area (Å²) in [7, 11) is 1.62. The van der Waals surface area contributed by atoms with E-state index in [-0.39, 0.29) is 11.8 Å². The first-order chi connectivity index (χ1) is 12.7. The molecular formula is C20H24N2O4. The van der Waals surface area contributed by atoms with Crippen molar-refractivity contribution >= 4 is 17.5 Å². The first-order valence-electron chi connectivity index (χ1n) is 8.56. The first-order valence-corrected chi connectivity index (χ1v) is 8.56. The first kappa shape index (κ1) is 19.5. The number of rotatable bonds is 9. The van der Waals surface area contributed by atoms with Gasteiger partial charge >= 0.3 is 0 Å². The molecule has 2 aromatic rings. The highest BCUT2D eigenvalue weighted by molar-refractivity contribution is 6.06. The summed E-state index contributed by atoms with van der Waals surface area (Å²) in [5.41, 5.74) is 1.43. The van der Waals surface area contributed by atoms with Crippen molar-refractivity contribution in [2.75, 3.05) is 32.2 Å². The SMILES string of the molecule is CCOc1ccccc1NC(=O)c1cccc(C(=O)NCCCOC)c1. The molecule has 0 aromatic heterocycles. The predicted molar refractivity (Wildman–Crippen MR) is 101 cm³/mol. The zero-order chi connectivity index (χ0) is 18.8. The minimum atomic E-state index is -0.300. The minimum Gasteiger partial charge on any atom is -0.492 e. The number of carbonyl (C=O) groups excluding carboxylic acids is 2. The average Bonchev–Trinajstić information content (AvgIpc) is 2.67. The number of carbonyl (C=O) groups is 2. The van der Waals surface area contributed by atoms with Crippen LogP contribution in [0.2, 0.25) is 0 Å². The maximum Gasteiger partial charge on any atom is 0.255 e. The highest BCUT2D eigenvalue weighted by Gasteiger charge is 2.12. The van der Waals surface area contributed by atoms with E-state index in [0.29, 0.717) is 42.3 Å². The van der Waals surface area contributed by atoms with Gasteiger partial charge in [0.05, 0.1) is 12.3 Å². The molecule has 0 saturated heterocycles. The number of anilines is 1. The quantitative estimate of drug-likeness (QED) is 0.677. The van der Waals surface area contributed by atoms with Crippen molar-refractivity contribution in [3.05, 3.63) is 59.7 Å². The standard InChI is InChI=1S/C20H24N2O4/c1-3-26-18-11-5-4-10-17(18)22-20(24)16-9-6-8-15(14-16)19(23)21-12-7-13-25-2/h4-6,8-11,14H,3,7,12-13H2,1-2H3,(H,21,23)(H,22,24). The van der Waals surface area contributed by atoms with Gasteiger partial charge in [-0.1, -0.05) is 18.2 Å². The number of ether oxygens (including phenoxy) is 2. The third kappa shape index (κ3) is 5.60. The van der Waals surface area contributed by atoms with Crippen LogP contribution in [0.4, 0.5) is 5.69 Å². The van der Waals surface area contributed by atoms with E-state index >= 15 is 0 Å². The molecule has 0 unspecified atom stereocenters. The topological polar surface area (TPSA) is 76.7 Å². The molecule has 0 radical (unpaired) electrons. The van der Waals surface area contributed by atoms with Crippen molar-refractivity contribution in [3.8, 4) is 5.75 Å². The molecule has 6 heteroatoms. The molecule has 6 nitrogen and oxygen atoms in total. The van der Waals surface area contributed by atoms with Gasteiger partial charge in [0.2, 0.25) is 0 Å². The normalized spacial score (nSPS) is 10.2. The lowest BCUT2D eigenvalue weighted by molar-refractivity contribution is 0.0948. The fraction of sp³-hybridized carbons (Fsp3) is 0.300. The molecule has 138 valence electrons. The summed E-state index contributed by atoms with van der Waals surface area (Å²) in [5, 5.41) is 5.63. The van der Waals surface area contributed by atoms with E-state index < -0.39 is 0 Å². The Bertz CT molecular complexity index is 746. The number of hydrogen-bond donors (Lipinski definition) is 2. The van der Waals surface area contributed by atoms with E-state index in [1.54, 1.807) is 43.5 Å². The van der Waals surface area contributed by atoms with Crippen LogP contribution in [-0.2, 0) is 4.74 Å². The van der Waals surface area contributed by atoms with E-state index in [2.05, 4.69) is 10.6 Å². The summed E-state index contributed by atoms with van der Waals surface area (Å²) < 4.78 is 10.5. The van der Waals surface area contributed by atoms with Crippen molar-refractivity contribution < 1.29 is 19.1 Å². The Morgan fingerprint density at radius 1 is 1.00 bits per heavy atom. The molecule has 0 aliphatic carbocycles. The molecule has 0 spiro atoms.